The smallest absolute Gasteiger partial charge is 0.487 e. The Hall–Kier alpha value is -2.49. The first-order chi connectivity index (χ1) is 22.1. The molecule has 0 fully saturated rings. The van der Waals surface area contributed by atoms with Gasteiger partial charge in [0.1, 0.15) is 19.0 Å². The summed E-state index contributed by atoms with van der Waals surface area (Å²) in [7, 11) is -4.20. The normalized spacial score (nSPS) is 15.7. The van der Waals surface area contributed by atoms with Gasteiger partial charge >= 0.3 is 7.82 Å². The molecule has 11 heteroatoms. The highest BCUT2D eigenvalue weighted by atomic mass is 31.2. The number of nitrogens with zero attached hydrogens (tertiary/aromatic N) is 2. The minimum absolute atomic E-state index is 0.189. The van der Waals surface area contributed by atoms with E-state index in [1.807, 2.05) is 0 Å². The second kappa shape index (κ2) is 22.9. The van der Waals surface area contributed by atoms with Crippen LogP contribution in [0.25, 0.3) is 0 Å². The van der Waals surface area contributed by atoms with Crippen LogP contribution >= 0.6 is 7.82 Å². The highest BCUT2D eigenvalue weighted by Crippen LogP contribution is 2.44. The molecule has 0 radical (unpaired) electrons. The van der Waals surface area contributed by atoms with Gasteiger partial charge in [-0.25, -0.2) is 4.57 Å². The van der Waals surface area contributed by atoms with Crippen molar-refractivity contribution in [1.29, 1.82) is 0 Å². The van der Waals surface area contributed by atoms with E-state index in [0.29, 0.717) is 62.5 Å². The summed E-state index contributed by atoms with van der Waals surface area (Å²) in [4.78, 5) is 10.1. The van der Waals surface area contributed by atoms with E-state index in [4.69, 9.17) is 28.0 Å². The van der Waals surface area contributed by atoms with Crippen molar-refractivity contribution >= 4 is 19.2 Å². The molecule has 0 bridgehead atoms. The van der Waals surface area contributed by atoms with Gasteiger partial charge in [-0.15, -0.1) is 0 Å². The summed E-state index contributed by atoms with van der Waals surface area (Å²) in [5.74, 6) is 1.36. The zero-order valence-corrected chi connectivity index (χ0v) is 27.9. The molecule has 1 unspecified atom stereocenters. The number of fused-ring (bicyclic) bond motifs is 1. The summed E-state index contributed by atoms with van der Waals surface area (Å²) in [5, 5.41) is 8.54. The largest absolute Gasteiger partial charge is 0.527 e. The van der Waals surface area contributed by atoms with Crippen LogP contribution in [-0.2, 0) is 18.6 Å². The van der Waals surface area contributed by atoms with Crippen molar-refractivity contribution in [3.05, 3.63) is 42.5 Å². The van der Waals surface area contributed by atoms with Crippen molar-refractivity contribution in [1.82, 2.24) is 0 Å². The van der Waals surface area contributed by atoms with Crippen molar-refractivity contribution in [2.75, 3.05) is 46.2 Å². The average Bonchev–Trinajstić information content (AvgIpc) is 3.03. The molecular formula is C34H53N2O8P. The standard InChI is InChI=1S/C34H53N2O8P/c1-2-3-4-5-6-7-8-9-10-11-12-13-14-15-22-43-45(37,38)44-32-19-16-30(17-20-32)35-36-31-18-21-33-34(29-31)42-28-26-40-24-23-39-25-27-41-33/h16-21,29H,2-15,22-28H2,1H3,(H,37,38). The Morgan fingerprint density at radius 3 is 1.73 bits per heavy atom. The summed E-state index contributed by atoms with van der Waals surface area (Å²) in [6, 6.07) is 11.7. The van der Waals surface area contributed by atoms with E-state index in [9.17, 15) is 9.46 Å². The Bertz CT molecular complexity index is 1130. The molecule has 0 amide bonds. The number of azo groups is 1. The molecule has 1 heterocycles. The monoisotopic (exact) mass is 648 g/mol. The van der Waals surface area contributed by atoms with Gasteiger partial charge in [0.15, 0.2) is 11.5 Å². The molecular weight excluding hydrogens is 595 g/mol. The number of unbranched alkanes of at least 4 members (excludes halogenated alkanes) is 13. The van der Waals surface area contributed by atoms with Crippen molar-refractivity contribution in [2.24, 2.45) is 10.2 Å². The Labute approximate surface area is 269 Å². The first kappa shape index (κ1) is 37.0. The quantitative estimate of drug-likeness (QED) is 0.0856. The van der Waals surface area contributed by atoms with Gasteiger partial charge in [-0.05, 0) is 42.8 Å². The molecule has 0 saturated heterocycles. The molecule has 0 spiro atoms. The van der Waals surface area contributed by atoms with Gasteiger partial charge in [0, 0.05) is 6.07 Å². The lowest BCUT2D eigenvalue weighted by Gasteiger charge is -2.15. The van der Waals surface area contributed by atoms with Crippen molar-refractivity contribution in [2.45, 2.75) is 96.8 Å². The van der Waals surface area contributed by atoms with Gasteiger partial charge in [0.2, 0.25) is 0 Å². The molecule has 1 aliphatic heterocycles. The highest BCUT2D eigenvalue weighted by Gasteiger charge is 2.22. The third-order valence-electron chi connectivity index (χ3n) is 7.36. The lowest BCUT2D eigenvalue weighted by Crippen LogP contribution is -2.15. The van der Waals surface area contributed by atoms with Crippen LogP contribution in [0.5, 0.6) is 17.2 Å². The molecule has 2 aromatic carbocycles. The third-order valence-corrected chi connectivity index (χ3v) is 8.31. The van der Waals surface area contributed by atoms with E-state index in [-0.39, 0.29) is 12.4 Å². The van der Waals surface area contributed by atoms with Crippen LogP contribution in [0.1, 0.15) is 96.8 Å². The average molecular weight is 649 g/mol. The van der Waals surface area contributed by atoms with E-state index < -0.39 is 7.82 Å². The number of phosphoric acid groups is 1. The Morgan fingerprint density at radius 1 is 0.644 bits per heavy atom. The fourth-order valence-corrected chi connectivity index (χ4v) is 5.66. The van der Waals surface area contributed by atoms with Crippen LogP contribution in [0.4, 0.5) is 11.4 Å². The van der Waals surface area contributed by atoms with Crippen LogP contribution in [0.2, 0.25) is 0 Å². The molecule has 45 heavy (non-hydrogen) atoms. The molecule has 1 N–H and O–H groups in total. The molecule has 1 aliphatic rings. The second-order valence-corrected chi connectivity index (χ2v) is 12.6. The van der Waals surface area contributed by atoms with Crippen molar-refractivity contribution in [3.8, 4) is 17.2 Å². The number of hydrogen-bond donors (Lipinski definition) is 1. The maximum Gasteiger partial charge on any atom is 0.527 e. The van der Waals surface area contributed by atoms with E-state index in [1.54, 1.807) is 42.5 Å². The Balaban J connectivity index is 1.30. The maximum atomic E-state index is 12.4. The molecule has 0 saturated carbocycles. The minimum Gasteiger partial charge on any atom is -0.487 e. The highest BCUT2D eigenvalue weighted by molar-refractivity contribution is 7.47. The predicted octanol–water partition coefficient (Wildman–Crippen LogP) is 9.88. The first-order valence-electron chi connectivity index (χ1n) is 16.8. The van der Waals surface area contributed by atoms with Crippen molar-refractivity contribution < 1.29 is 37.5 Å². The Kier molecular flexibility index (Phi) is 18.8. The predicted molar refractivity (Wildman–Crippen MR) is 176 cm³/mol. The fourth-order valence-electron chi connectivity index (χ4n) is 4.86. The summed E-state index contributed by atoms with van der Waals surface area (Å²) in [6.45, 7) is 5.15. The minimum atomic E-state index is -4.20. The molecule has 3 rings (SSSR count). The SMILES string of the molecule is CCCCCCCCCCCCCCCCOP(=O)(O)Oc1ccc(N=Nc2ccc3c(c2)OCCOCCOCCO3)cc1. The van der Waals surface area contributed by atoms with E-state index in [0.717, 1.165) is 19.3 Å². The second-order valence-electron chi connectivity index (χ2n) is 11.2. The van der Waals surface area contributed by atoms with Gasteiger partial charge in [-0.3, -0.25) is 9.42 Å². The van der Waals surface area contributed by atoms with Gasteiger partial charge in [-0.2, -0.15) is 10.2 Å². The van der Waals surface area contributed by atoms with Crippen molar-refractivity contribution in [3.63, 3.8) is 0 Å². The van der Waals surface area contributed by atoms with Gasteiger partial charge in [0.05, 0.1) is 44.4 Å². The maximum absolute atomic E-state index is 12.4. The number of phosphoric ester groups is 1. The summed E-state index contributed by atoms with van der Waals surface area (Å²) in [5.41, 5.74) is 1.13. The Morgan fingerprint density at radius 2 is 1.13 bits per heavy atom. The van der Waals surface area contributed by atoms with E-state index in [2.05, 4.69) is 17.2 Å². The molecule has 252 valence electrons. The summed E-state index contributed by atoms with van der Waals surface area (Å²) >= 11 is 0. The zero-order chi connectivity index (χ0) is 31.8. The van der Waals surface area contributed by atoms with E-state index in [1.165, 1.54) is 70.6 Å². The number of ether oxygens (including phenoxy) is 4. The molecule has 0 aromatic heterocycles. The van der Waals surface area contributed by atoms with E-state index >= 15 is 0 Å². The van der Waals surface area contributed by atoms with Crippen LogP contribution < -0.4 is 14.0 Å². The lowest BCUT2D eigenvalue weighted by atomic mass is 10.0. The number of benzene rings is 2. The number of rotatable bonds is 20. The number of hydrogen-bond acceptors (Lipinski definition) is 9. The van der Waals surface area contributed by atoms with Gasteiger partial charge in [0.25, 0.3) is 0 Å². The summed E-state index contributed by atoms with van der Waals surface area (Å²) in [6.07, 6.45) is 17.5. The fraction of sp³-hybridized carbons (Fsp3) is 0.647. The van der Waals surface area contributed by atoms with Crippen LogP contribution in [-0.4, -0.2) is 51.1 Å². The summed E-state index contributed by atoms with van der Waals surface area (Å²) < 4.78 is 45.3. The molecule has 0 aliphatic carbocycles. The molecule has 1 atom stereocenters. The molecule has 2 aromatic rings. The van der Waals surface area contributed by atoms with Crippen LogP contribution in [0.15, 0.2) is 52.7 Å². The van der Waals surface area contributed by atoms with Crippen LogP contribution in [0, 0.1) is 0 Å². The van der Waals surface area contributed by atoms with Crippen LogP contribution in [0.3, 0.4) is 0 Å². The first-order valence-corrected chi connectivity index (χ1v) is 18.3. The zero-order valence-electron chi connectivity index (χ0n) is 27.0. The van der Waals surface area contributed by atoms with Gasteiger partial charge in [-0.1, -0.05) is 90.4 Å². The lowest BCUT2D eigenvalue weighted by molar-refractivity contribution is 0.0223. The topological polar surface area (TPSA) is 117 Å². The molecule has 10 nitrogen and oxygen atoms in total. The van der Waals surface area contributed by atoms with Gasteiger partial charge < -0.3 is 23.5 Å². The third kappa shape index (κ3) is 17.1.